The molecule has 0 aromatic carbocycles. The molecule has 1 aromatic rings. The minimum absolute atomic E-state index is 0.0430. The summed E-state index contributed by atoms with van der Waals surface area (Å²) in [6, 6.07) is 3.51. The summed E-state index contributed by atoms with van der Waals surface area (Å²) in [6.45, 7) is 2.69. The Morgan fingerprint density at radius 2 is 2.32 bits per heavy atom. The van der Waals surface area contributed by atoms with Crippen LogP contribution in [-0.4, -0.2) is 35.1 Å². The van der Waals surface area contributed by atoms with Crippen LogP contribution in [0.3, 0.4) is 0 Å². The highest BCUT2D eigenvalue weighted by Gasteiger charge is 2.31. The van der Waals surface area contributed by atoms with Gasteiger partial charge in [-0.2, -0.15) is 0 Å². The molecule has 2 amide bonds. The number of hydrogen-bond donors (Lipinski definition) is 2. The van der Waals surface area contributed by atoms with Crippen LogP contribution >= 0.6 is 0 Å². The van der Waals surface area contributed by atoms with Crippen molar-refractivity contribution in [3.05, 3.63) is 23.7 Å². The second-order valence-corrected chi connectivity index (χ2v) is 4.68. The lowest BCUT2D eigenvalue weighted by Gasteiger charge is -2.23. The fourth-order valence-corrected chi connectivity index (χ4v) is 2.32. The average molecular weight is 266 g/mol. The largest absolute Gasteiger partial charge is 0.481 e. The maximum Gasteiger partial charge on any atom is 0.318 e. The topological polar surface area (TPSA) is 82.8 Å². The van der Waals surface area contributed by atoms with Gasteiger partial charge in [0, 0.05) is 13.1 Å². The molecule has 104 valence electrons. The number of urea groups is 1. The zero-order valence-corrected chi connectivity index (χ0v) is 10.9. The Bertz CT molecular complexity index is 469. The SMILES string of the molecule is Cc1ccc(C2CCCN2C(=O)NCCC(=O)O)o1. The first kappa shape index (κ1) is 13.5. The standard InChI is InChI=1S/C13H18N2O4/c1-9-4-5-11(19-9)10-3-2-8-15(10)13(18)14-7-6-12(16)17/h4-5,10H,2-3,6-8H2,1H3,(H,14,18)(H,16,17). The highest BCUT2D eigenvalue weighted by atomic mass is 16.4. The third-order valence-corrected chi connectivity index (χ3v) is 3.22. The van der Waals surface area contributed by atoms with E-state index in [1.54, 1.807) is 4.90 Å². The highest BCUT2D eigenvalue weighted by Crippen LogP contribution is 2.32. The number of nitrogens with zero attached hydrogens (tertiary/aromatic N) is 1. The van der Waals surface area contributed by atoms with E-state index >= 15 is 0 Å². The first-order valence-corrected chi connectivity index (χ1v) is 6.40. The Kier molecular flexibility index (Phi) is 4.09. The molecule has 2 heterocycles. The molecule has 2 rings (SSSR count). The Morgan fingerprint density at radius 3 is 2.95 bits per heavy atom. The van der Waals surface area contributed by atoms with Gasteiger partial charge in [0.25, 0.3) is 0 Å². The third-order valence-electron chi connectivity index (χ3n) is 3.22. The summed E-state index contributed by atoms with van der Waals surface area (Å²) in [5, 5.41) is 11.2. The predicted octanol–water partition coefficient (Wildman–Crippen LogP) is 1.91. The van der Waals surface area contributed by atoms with Crippen molar-refractivity contribution in [2.75, 3.05) is 13.1 Å². The van der Waals surface area contributed by atoms with E-state index in [2.05, 4.69) is 5.32 Å². The van der Waals surface area contributed by atoms with Gasteiger partial charge in [-0.25, -0.2) is 4.79 Å². The van der Waals surface area contributed by atoms with Crippen LogP contribution in [0.2, 0.25) is 0 Å². The number of carbonyl (C=O) groups excluding carboxylic acids is 1. The highest BCUT2D eigenvalue weighted by molar-refractivity contribution is 5.76. The molecule has 1 aromatic heterocycles. The number of carboxylic acid groups (broad SMARTS) is 1. The molecule has 6 heteroatoms. The van der Waals surface area contributed by atoms with Crippen LogP contribution in [-0.2, 0) is 4.79 Å². The molecule has 0 aliphatic carbocycles. The molecule has 0 radical (unpaired) electrons. The van der Waals surface area contributed by atoms with Gasteiger partial charge in [0.15, 0.2) is 0 Å². The molecular weight excluding hydrogens is 248 g/mol. The molecule has 1 aliphatic rings. The average Bonchev–Trinajstić information content (AvgIpc) is 2.96. The van der Waals surface area contributed by atoms with Crippen molar-refractivity contribution in [2.45, 2.75) is 32.2 Å². The van der Waals surface area contributed by atoms with E-state index in [9.17, 15) is 9.59 Å². The first-order valence-electron chi connectivity index (χ1n) is 6.40. The lowest BCUT2D eigenvalue weighted by molar-refractivity contribution is -0.136. The van der Waals surface area contributed by atoms with Crippen LogP contribution in [0.1, 0.15) is 36.8 Å². The summed E-state index contributed by atoms with van der Waals surface area (Å²) in [4.78, 5) is 24.1. The van der Waals surface area contributed by atoms with Crippen LogP contribution in [0.4, 0.5) is 4.79 Å². The van der Waals surface area contributed by atoms with E-state index in [0.29, 0.717) is 6.54 Å². The number of carbonyl (C=O) groups is 2. The monoisotopic (exact) mass is 266 g/mol. The van der Waals surface area contributed by atoms with Gasteiger partial charge < -0.3 is 19.7 Å². The van der Waals surface area contributed by atoms with Crippen LogP contribution in [0, 0.1) is 6.92 Å². The summed E-state index contributed by atoms with van der Waals surface area (Å²) in [6.07, 6.45) is 1.74. The van der Waals surface area contributed by atoms with Gasteiger partial charge in [-0.15, -0.1) is 0 Å². The number of amides is 2. The van der Waals surface area contributed by atoms with Crippen LogP contribution in [0.15, 0.2) is 16.5 Å². The van der Waals surface area contributed by atoms with Crippen molar-refractivity contribution in [3.63, 3.8) is 0 Å². The molecule has 1 fully saturated rings. The molecule has 1 unspecified atom stereocenters. The fraction of sp³-hybridized carbons (Fsp3) is 0.538. The van der Waals surface area contributed by atoms with E-state index in [-0.39, 0.29) is 25.0 Å². The molecule has 0 bridgehead atoms. The molecule has 0 spiro atoms. The van der Waals surface area contributed by atoms with Crippen molar-refractivity contribution in [1.82, 2.24) is 10.2 Å². The maximum atomic E-state index is 12.0. The predicted molar refractivity (Wildman–Crippen MR) is 67.8 cm³/mol. The Hall–Kier alpha value is -1.98. The van der Waals surface area contributed by atoms with Gasteiger partial charge in [-0.3, -0.25) is 4.79 Å². The van der Waals surface area contributed by atoms with Gasteiger partial charge in [0.2, 0.25) is 0 Å². The summed E-state index contributed by atoms with van der Waals surface area (Å²) in [7, 11) is 0. The lowest BCUT2D eigenvalue weighted by Crippen LogP contribution is -2.40. The van der Waals surface area contributed by atoms with Crippen LogP contribution in [0.25, 0.3) is 0 Å². The number of aliphatic carboxylic acids is 1. The molecule has 0 saturated carbocycles. The number of likely N-dealkylation sites (tertiary alicyclic amines) is 1. The molecular formula is C13H18N2O4. The summed E-state index contributed by atoms with van der Waals surface area (Å²) in [5.41, 5.74) is 0. The van der Waals surface area contributed by atoms with Crippen molar-refractivity contribution < 1.29 is 19.1 Å². The van der Waals surface area contributed by atoms with E-state index in [4.69, 9.17) is 9.52 Å². The summed E-state index contributed by atoms with van der Waals surface area (Å²) in [5.74, 6) is 0.705. The van der Waals surface area contributed by atoms with E-state index in [1.165, 1.54) is 0 Å². The Labute approximate surface area is 111 Å². The number of carboxylic acids is 1. The molecule has 19 heavy (non-hydrogen) atoms. The number of furan rings is 1. The minimum Gasteiger partial charge on any atom is -0.481 e. The van der Waals surface area contributed by atoms with Gasteiger partial charge in [-0.1, -0.05) is 0 Å². The fourth-order valence-electron chi connectivity index (χ4n) is 2.32. The second kappa shape index (κ2) is 5.77. The van der Waals surface area contributed by atoms with Gasteiger partial charge in [0.1, 0.15) is 11.5 Å². The zero-order valence-electron chi connectivity index (χ0n) is 10.9. The smallest absolute Gasteiger partial charge is 0.318 e. The van der Waals surface area contributed by atoms with E-state index in [0.717, 1.165) is 24.4 Å². The number of rotatable bonds is 4. The third kappa shape index (κ3) is 3.27. The van der Waals surface area contributed by atoms with Gasteiger partial charge in [0.05, 0.1) is 12.5 Å². The van der Waals surface area contributed by atoms with Crippen molar-refractivity contribution >= 4 is 12.0 Å². The van der Waals surface area contributed by atoms with Crippen LogP contribution in [0.5, 0.6) is 0 Å². The lowest BCUT2D eigenvalue weighted by atomic mass is 10.2. The van der Waals surface area contributed by atoms with E-state index < -0.39 is 5.97 Å². The second-order valence-electron chi connectivity index (χ2n) is 4.68. The minimum atomic E-state index is -0.917. The Morgan fingerprint density at radius 1 is 1.53 bits per heavy atom. The van der Waals surface area contributed by atoms with Crippen molar-refractivity contribution in [3.8, 4) is 0 Å². The molecule has 6 nitrogen and oxygen atoms in total. The van der Waals surface area contributed by atoms with Crippen molar-refractivity contribution in [1.29, 1.82) is 0 Å². The molecule has 1 aliphatic heterocycles. The zero-order chi connectivity index (χ0) is 13.8. The number of nitrogens with one attached hydrogen (secondary N) is 1. The number of aryl methyl sites for hydroxylation is 1. The first-order chi connectivity index (χ1) is 9.08. The normalized spacial score (nSPS) is 18.6. The van der Waals surface area contributed by atoms with Crippen molar-refractivity contribution in [2.24, 2.45) is 0 Å². The molecule has 1 saturated heterocycles. The number of hydrogen-bond acceptors (Lipinski definition) is 3. The summed E-state index contributed by atoms with van der Waals surface area (Å²) < 4.78 is 5.57. The van der Waals surface area contributed by atoms with Gasteiger partial charge in [-0.05, 0) is 31.9 Å². The Balaban J connectivity index is 1.94. The van der Waals surface area contributed by atoms with Gasteiger partial charge >= 0.3 is 12.0 Å². The summed E-state index contributed by atoms with van der Waals surface area (Å²) >= 11 is 0. The van der Waals surface area contributed by atoms with Crippen LogP contribution < -0.4 is 5.32 Å². The quantitative estimate of drug-likeness (QED) is 0.872. The van der Waals surface area contributed by atoms with E-state index in [1.807, 2.05) is 19.1 Å². The molecule has 1 atom stereocenters. The maximum absolute atomic E-state index is 12.0. The molecule has 2 N–H and O–H groups in total.